The number of carbonyl (C=O) groups excluding carboxylic acids is 1. The summed E-state index contributed by atoms with van der Waals surface area (Å²) in [6.07, 6.45) is 3.70. The average molecular weight is 452 g/mol. The molecule has 3 rings (SSSR count). The number of carbonyl (C=O) groups is 2. The van der Waals surface area contributed by atoms with Crippen LogP contribution in [-0.4, -0.2) is 32.7 Å². The number of rotatable bonds is 8. The number of aliphatic carboxylic acids is 1. The predicted octanol–water partition coefficient (Wildman–Crippen LogP) is 4.54. The standard InChI is InChI=1S/C22H17N3O4S2/c23-12-15-6-5-14(10-16(15)13-24)18-8-7-17(29-18)11-19-21(28)25(22(30)31-19)9-3-1-2-4-20(26)27/h5-8,10-11H,1-4,9H2,(H,26,27). The molecule has 2 aromatic rings. The van der Waals surface area contributed by atoms with Crippen LogP contribution in [0.1, 0.15) is 42.6 Å². The van der Waals surface area contributed by atoms with Crippen LogP contribution < -0.4 is 0 Å². The van der Waals surface area contributed by atoms with Gasteiger partial charge in [0.1, 0.15) is 28.0 Å². The first-order valence-electron chi connectivity index (χ1n) is 9.44. The zero-order valence-corrected chi connectivity index (χ0v) is 18.0. The van der Waals surface area contributed by atoms with Crippen molar-refractivity contribution in [2.45, 2.75) is 25.7 Å². The quantitative estimate of drug-likeness (QED) is 0.353. The third kappa shape index (κ3) is 5.40. The average Bonchev–Trinajstić information content (AvgIpc) is 3.32. The van der Waals surface area contributed by atoms with Crippen LogP contribution in [0.4, 0.5) is 0 Å². The minimum absolute atomic E-state index is 0.119. The van der Waals surface area contributed by atoms with Gasteiger partial charge in [-0.15, -0.1) is 0 Å². The highest BCUT2D eigenvalue weighted by Crippen LogP contribution is 2.34. The summed E-state index contributed by atoms with van der Waals surface area (Å²) in [5, 5.41) is 26.9. The van der Waals surface area contributed by atoms with E-state index >= 15 is 0 Å². The minimum atomic E-state index is -0.823. The van der Waals surface area contributed by atoms with Gasteiger partial charge >= 0.3 is 5.97 Å². The Morgan fingerprint density at radius 3 is 2.65 bits per heavy atom. The molecule has 9 heteroatoms. The van der Waals surface area contributed by atoms with Gasteiger partial charge in [-0.25, -0.2) is 0 Å². The fourth-order valence-electron chi connectivity index (χ4n) is 3.02. The number of hydrogen-bond donors (Lipinski definition) is 1. The number of thiocarbonyl (C=S) groups is 1. The number of thioether (sulfide) groups is 1. The van der Waals surface area contributed by atoms with Gasteiger partial charge in [-0.1, -0.05) is 30.4 Å². The van der Waals surface area contributed by atoms with E-state index in [1.807, 2.05) is 12.1 Å². The molecule has 1 aromatic carbocycles. The molecule has 156 valence electrons. The maximum atomic E-state index is 12.7. The van der Waals surface area contributed by atoms with Crippen molar-refractivity contribution in [3.8, 4) is 23.5 Å². The van der Waals surface area contributed by atoms with Crippen LogP contribution in [0.2, 0.25) is 0 Å². The van der Waals surface area contributed by atoms with Gasteiger partial charge < -0.3 is 9.52 Å². The van der Waals surface area contributed by atoms with Gasteiger partial charge in [-0.3, -0.25) is 14.5 Å². The number of amides is 1. The molecule has 0 unspecified atom stereocenters. The number of furan rings is 1. The molecule has 0 radical (unpaired) electrons. The number of carboxylic acid groups (broad SMARTS) is 1. The molecule has 0 spiro atoms. The van der Waals surface area contributed by atoms with E-state index in [0.717, 1.165) is 0 Å². The van der Waals surface area contributed by atoms with Crippen LogP contribution in [-0.2, 0) is 9.59 Å². The highest BCUT2D eigenvalue weighted by molar-refractivity contribution is 8.26. The molecule has 0 saturated carbocycles. The van der Waals surface area contributed by atoms with Crippen molar-refractivity contribution in [2.75, 3.05) is 6.54 Å². The van der Waals surface area contributed by atoms with E-state index in [4.69, 9.17) is 27.0 Å². The fraction of sp³-hybridized carbons (Fsp3) is 0.227. The van der Waals surface area contributed by atoms with Crippen LogP contribution in [0.15, 0.2) is 39.7 Å². The van der Waals surface area contributed by atoms with E-state index in [2.05, 4.69) is 0 Å². The largest absolute Gasteiger partial charge is 0.481 e. The molecule has 0 aliphatic carbocycles. The second-order valence-corrected chi connectivity index (χ2v) is 8.40. The Morgan fingerprint density at radius 2 is 1.94 bits per heavy atom. The molecule has 1 fully saturated rings. The second-order valence-electron chi connectivity index (χ2n) is 6.72. The number of unbranched alkanes of at least 4 members (excludes halogenated alkanes) is 2. The Balaban J connectivity index is 1.68. The Kier molecular flexibility index (Phi) is 7.24. The van der Waals surface area contributed by atoms with Crippen LogP contribution in [0.25, 0.3) is 17.4 Å². The van der Waals surface area contributed by atoms with Crippen molar-refractivity contribution in [2.24, 2.45) is 0 Å². The lowest BCUT2D eigenvalue weighted by atomic mass is 10.0. The van der Waals surface area contributed by atoms with E-state index < -0.39 is 5.97 Å². The Labute approximate surface area is 188 Å². The van der Waals surface area contributed by atoms with Crippen molar-refractivity contribution < 1.29 is 19.1 Å². The normalized spacial score (nSPS) is 14.6. The van der Waals surface area contributed by atoms with Gasteiger partial charge in [0.15, 0.2) is 0 Å². The van der Waals surface area contributed by atoms with Gasteiger partial charge in [-0.2, -0.15) is 10.5 Å². The lowest BCUT2D eigenvalue weighted by Crippen LogP contribution is -2.29. The molecule has 1 saturated heterocycles. The Hall–Kier alpha value is -3.40. The van der Waals surface area contributed by atoms with Crippen LogP contribution in [0.5, 0.6) is 0 Å². The van der Waals surface area contributed by atoms with Crippen molar-refractivity contribution in [3.63, 3.8) is 0 Å². The first-order chi connectivity index (χ1) is 14.9. The van der Waals surface area contributed by atoms with E-state index in [1.54, 1.807) is 36.4 Å². The summed E-state index contributed by atoms with van der Waals surface area (Å²) in [7, 11) is 0. The summed E-state index contributed by atoms with van der Waals surface area (Å²) < 4.78 is 6.27. The number of nitriles is 2. The smallest absolute Gasteiger partial charge is 0.303 e. The topological polar surface area (TPSA) is 118 Å². The first kappa shape index (κ1) is 22.3. The fourth-order valence-corrected chi connectivity index (χ4v) is 4.31. The summed E-state index contributed by atoms with van der Waals surface area (Å²) in [4.78, 5) is 25.2. The molecule has 1 amide bonds. The van der Waals surface area contributed by atoms with Gasteiger partial charge in [0.2, 0.25) is 0 Å². The molecule has 0 atom stereocenters. The molecule has 1 N–H and O–H groups in total. The third-order valence-corrected chi connectivity index (χ3v) is 5.97. The number of hydrogen-bond acceptors (Lipinski definition) is 7. The molecule has 1 aliphatic heterocycles. The third-order valence-electron chi connectivity index (χ3n) is 4.59. The van der Waals surface area contributed by atoms with E-state index in [0.29, 0.717) is 57.7 Å². The highest BCUT2D eigenvalue weighted by Gasteiger charge is 2.31. The molecule has 0 bridgehead atoms. The van der Waals surface area contributed by atoms with E-state index in [-0.39, 0.29) is 17.9 Å². The Bertz CT molecular complexity index is 1150. The minimum Gasteiger partial charge on any atom is -0.481 e. The Morgan fingerprint density at radius 1 is 1.16 bits per heavy atom. The van der Waals surface area contributed by atoms with Gasteiger partial charge in [0, 0.05) is 24.6 Å². The molecule has 1 aliphatic rings. The summed E-state index contributed by atoms with van der Waals surface area (Å²) in [6, 6.07) is 12.3. The number of carboxylic acids is 1. The molecule has 31 heavy (non-hydrogen) atoms. The maximum absolute atomic E-state index is 12.7. The summed E-state index contributed by atoms with van der Waals surface area (Å²) >= 11 is 6.51. The SMILES string of the molecule is N#Cc1ccc(-c2ccc(C=C3SC(=S)N(CCCCCC(=O)O)C3=O)o2)cc1C#N. The van der Waals surface area contributed by atoms with E-state index in [9.17, 15) is 14.9 Å². The van der Waals surface area contributed by atoms with Crippen molar-refractivity contribution in [1.82, 2.24) is 4.90 Å². The monoisotopic (exact) mass is 451 g/mol. The predicted molar refractivity (Wildman–Crippen MR) is 120 cm³/mol. The summed E-state index contributed by atoms with van der Waals surface area (Å²) in [5.74, 6) is -0.0338. The lowest BCUT2D eigenvalue weighted by molar-refractivity contribution is -0.137. The van der Waals surface area contributed by atoms with Crippen molar-refractivity contribution >= 4 is 46.3 Å². The van der Waals surface area contributed by atoms with E-state index in [1.165, 1.54) is 16.7 Å². The maximum Gasteiger partial charge on any atom is 0.303 e. The van der Waals surface area contributed by atoms with Gasteiger partial charge in [-0.05, 0) is 43.2 Å². The van der Waals surface area contributed by atoms with Gasteiger partial charge in [0.25, 0.3) is 5.91 Å². The zero-order valence-electron chi connectivity index (χ0n) is 16.3. The molecule has 1 aromatic heterocycles. The van der Waals surface area contributed by atoms with Crippen LogP contribution in [0.3, 0.4) is 0 Å². The van der Waals surface area contributed by atoms with Gasteiger partial charge in [0.05, 0.1) is 16.0 Å². The lowest BCUT2D eigenvalue weighted by Gasteiger charge is -2.13. The summed E-state index contributed by atoms with van der Waals surface area (Å²) in [6.45, 7) is 0.452. The molecular formula is C22H17N3O4S2. The molecular weight excluding hydrogens is 434 g/mol. The number of benzene rings is 1. The molecule has 7 nitrogen and oxygen atoms in total. The molecule has 2 heterocycles. The van der Waals surface area contributed by atoms with Crippen LogP contribution >= 0.6 is 24.0 Å². The highest BCUT2D eigenvalue weighted by atomic mass is 32.2. The first-order valence-corrected chi connectivity index (χ1v) is 10.7. The van der Waals surface area contributed by atoms with Crippen molar-refractivity contribution in [3.05, 3.63) is 52.1 Å². The number of nitrogens with zero attached hydrogens (tertiary/aromatic N) is 3. The van der Waals surface area contributed by atoms with Crippen molar-refractivity contribution in [1.29, 1.82) is 10.5 Å². The zero-order chi connectivity index (χ0) is 22.4. The van der Waals surface area contributed by atoms with Crippen LogP contribution in [0, 0.1) is 22.7 Å². The second kappa shape index (κ2) is 10.1. The summed E-state index contributed by atoms with van der Waals surface area (Å²) in [5.41, 5.74) is 1.22.